The second kappa shape index (κ2) is 7.67. The number of unbranched alkanes of at least 4 members (excludes halogenated alkanes) is 3. The van der Waals surface area contributed by atoms with Crippen molar-refractivity contribution < 1.29 is 0 Å². The van der Waals surface area contributed by atoms with E-state index in [1.807, 2.05) is 0 Å². The SMILES string of the molecule is CCCCCCN1CCC(C(C)Br)CC1. The molecule has 0 amide bonds. The molecule has 1 aliphatic rings. The zero-order chi connectivity index (χ0) is 11.1. The minimum atomic E-state index is 0.708. The third-order valence-electron chi connectivity index (χ3n) is 3.61. The Hall–Kier alpha value is 0.440. The number of likely N-dealkylation sites (tertiary alicyclic amines) is 1. The lowest BCUT2D eigenvalue weighted by atomic mass is 9.94. The normalized spacial score (nSPS) is 21.8. The van der Waals surface area contributed by atoms with Gasteiger partial charge in [0.1, 0.15) is 0 Å². The number of alkyl halides is 1. The average molecular weight is 276 g/mol. The Morgan fingerprint density at radius 2 is 1.87 bits per heavy atom. The van der Waals surface area contributed by atoms with E-state index < -0.39 is 0 Å². The number of nitrogens with zero attached hydrogens (tertiary/aromatic N) is 1. The van der Waals surface area contributed by atoms with Crippen LogP contribution >= 0.6 is 15.9 Å². The maximum atomic E-state index is 3.71. The fourth-order valence-corrected chi connectivity index (χ4v) is 2.93. The Morgan fingerprint density at radius 3 is 2.40 bits per heavy atom. The number of halogens is 1. The molecule has 15 heavy (non-hydrogen) atoms. The van der Waals surface area contributed by atoms with E-state index in [0.29, 0.717) is 4.83 Å². The van der Waals surface area contributed by atoms with Crippen molar-refractivity contribution in [3.05, 3.63) is 0 Å². The van der Waals surface area contributed by atoms with Crippen LogP contribution in [0.3, 0.4) is 0 Å². The van der Waals surface area contributed by atoms with Crippen molar-refractivity contribution in [2.45, 2.75) is 57.2 Å². The van der Waals surface area contributed by atoms with E-state index in [4.69, 9.17) is 0 Å². The summed E-state index contributed by atoms with van der Waals surface area (Å²) in [6.07, 6.45) is 8.37. The van der Waals surface area contributed by atoms with Crippen LogP contribution in [-0.2, 0) is 0 Å². The Balaban J connectivity index is 2.04. The van der Waals surface area contributed by atoms with Crippen molar-refractivity contribution >= 4 is 15.9 Å². The summed E-state index contributed by atoms with van der Waals surface area (Å²) in [7, 11) is 0. The molecule has 1 rings (SSSR count). The summed E-state index contributed by atoms with van der Waals surface area (Å²) in [5.41, 5.74) is 0. The summed E-state index contributed by atoms with van der Waals surface area (Å²) in [6, 6.07) is 0. The van der Waals surface area contributed by atoms with Gasteiger partial charge in [0, 0.05) is 4.83 Å². The fourth-order valence-electron chi connectivity index (χ4n) is 2.40. The summed E-state index contributed by atoms with van der Waals surface area (Å²) in [5, 5.41) is 0. The van der Waals surface area contributed by atoms with Gasteiger partial charge in [-0.25, -0.2) is 0 Å². The van der Waals surface area contributed by atoms with Gasteiger partial charge in [-0.1, -0.05) is 49.0 Å². The first-order valence-electron chi connectivity index (χ1n) is 6.60. The molecular weight excluding hydrogens is 250 g/mol. The van der Waals surface area contributed by atoms with E-state index in [1.165, 1.54) is 58.2 Å². The van der Waals surface area contributed by atoms with E-state index in [2.05, 4.69) is 34.7 Å². The van der Waals surface area contributed by atoms with Gasteiger partial charge in [0.25, 0.3) is 0 Å². The summed E-state index contributed by atoms with van der Waals surface area (Å²) < 4.78 is 0. The maximum absolute atomic E-state index is 3.71. The minimum absolute atomic E-state index is 0.708. The van der Waals surface area contributed by atoms with Gasteiger partial charge in [-0.05, 0) is 44.8 Å². The first-order chi connectivity index (χ1) is 7.24. The average Bonchev–Trinajstić information content (AvgIpc) is 2.25. The minimum Gasteiger partial charge on any atom is -0.303 e. The molecule has 0 N–H and O–H groups in total. The molecule has 0 spiro atoms. The third kappa shape index (κ3) is 5.35. The highest BCUT2D eigenvalue weighted by Crippen LogP contribution is 2.25. The second-order valence-corrected chi connectivity index (χ2v) is 6.36. The van der Waals surface area contributed by atoms with Crippen LogP contribution in [0.1, 0.15) is 52.4 Å². The molecule has 0 aromatic heterocycles. The van der Waals surface area contributed by atoms with Crippen LogP contribution in [0.25, 0.3) is 0 Å². The highest BCUT2D eigenvalue weighted by molar-refractivity contribution is 9.09. The molecule has 1 unspecified atom stereocenters. The van der Waals surface area contributed by atoms with E-state index in [0.717, 1.165) is 5.92 Å². The van der Waals surface area contributed by atoms with Gasteiger partial charge in [-0.2, -0.15) is 0 Å². The Morgan fingerprint density at radius 1 is 1.20 bits per heavy atom. The van der Waals surface area contributed by atoms with Crippen molar-refractivity contribution in [2.75, 3.05) is 19.6 Å². The Kier molecular flexibility index (Phi) is 6.91. The number of hydrogen-bond acceptors (Lipinski definition) is 1. The lowest BCUT2D eigenvalue weighted by molar-refractivity contribution is 0.182. The van der Waals surface area contributed by atoms with Crippen LogP contribution in [0.15, 0.2) is 0 Å². The summed E-state index contributed by atoms with van der Waals surface area (Å²) >= 11 is 3.71. The molecule has 0 radical (unpaired) electrons. The molecule has 0 bridgehead atoms. The predicted octanol–water partition coefficient (Wildman–Crippen LogP) is 4.06. The second-order valence-electron chi connectivity index (χ2n) is 4.92. The monoisotopic (exact) mass is 275 g/mol. The van der Waals surface area contributed by atoms with E-state index in [-0.39, 0.29) is 0 Å². The zero-order valence-electron chi connectivity index (χ0n) is 10.3. The van der Waals surface area contributed by atoms with E-state index in [9.17, 15) is 0 Å². The first kappa shape index (κ1) is 13.5. The van der Waals surface area contributed by atoms with Gasteiger partial charge < -0.3 is 4.90 Å². The fraction of sp³-hybridized carbons (Fsp3) is 1.00. The standard InChI is InChI=1S/C13H26BrN/c1-3-4-5-6-9-15-10-7-13(8-11-15)12(2)14/h12-13H,3-11H2,1-2H3. The summed E-state index contributed by atoms with van der Waals surface area (Å²) in [6.45, 7) is 8.56. The van der Waals surface area contributed by atoms with Crippen molar-refractivity contribution in [3.8, 4) is 0 Å². The van der Waals surface area contributed by atoms with Crippen LogP contribution in [0.4, 0.5) is 0 Å². The Labute approximate surface area is 104 Å². The molecule has 1 heterocycles. The maximum Gasteiger partial charge on any atom is 0.0146 e. The number of hydrogen-bond donors (Lipinski definition) is 0. The zero-order valence-corrected chi connectivity index (χ0v) is 11.9. The first-order valence-corrected chi connectivity index (χ1v) is 7.52. The van der Waals surface area contributed by atoms with Gasteiger partial charge in [-0.15, -0.1) is 0 Å². The van der Waals surface area contributed by atoms with Crippen molar-refractivity contribution in [3.63, 3.8) is 0 Å². The lowest BCUT2D eigenvalue weighted by Crippen LogP contribution is -2.36. The highest BCUT2D eigenvalue weighted by Gasteiger charge is 2.21. The molecular formula is C13H26BrN. The smallest absolute Gasteiger partial charge is 0.0146 e. The molecule has 1 saturated heterocycles. The quantitative estimate of drug-likeness (QED) is 0.522. The highest BCUT2D eigenvalue weighted by atomic mass is 79.9. The van der Waals surface area contributed by atoms with Gasteiger partial charge >= 0.3 is 0 Å². The van der Waals surface area contributed by atoms with Crippen LogP contribution in [0, 0.1) is 5.92 Å². The number of rotatable bonds is 6. The summed E-state index contributed by atoms with van der Waals surface area (Å²) in [5.74, 6) is 0.914. The van der Waals surface area contributed by atoms with Crippen LogP contribution in [0.5, 0.6) is 0 Å². The molecule has 2 heteroatoms. The Bertz CT molecular complexity index is 151. The molecule has 1 aliphatic heterocycles. The van der Waals surface area contributed by atoms with E-state index >= 15 is 0 Å². The van der Waals surface area contributed by atoms with Crippen molar-refractivity contribution in [2.24, 2.45) is 5.92 Å². The van der Waals surface area contributed by atoms with Crippen LogP contribution < -0.4 is 0 Å². The van der Waals surface area contributed by atoms with Crippen molar-refractivity contribution in [1.82, 2.24) is 4.90 Å². The third-order valence-corrected chi connectivity index (χ3v) is 4.36. The molecule has 0 saturated carbocycles. The summed E-state index contributed by atoms with van der Waals surface area (Å²) in [4.78, 5) is 3.36. The number of piperidine rings is 1. The van der Waals surface area contributed by atoms with Crippen molar-refractivity contribution in [1.29, 1.82) is 0 Å². The molecule has 0 aromatic rings. The van der Waals surface area contributed by atoms with Crippen LogP contribution in [-0.4, -0.2) is 29.4 Å². The van der Waals surface area contributed by atoms with Gasteiger partial charge in [-0.3, -0.25) is 0 Å². The topological polar surface area (TPSA) is 3.24 Å². The van der Waals surface area contributed by atoms with Gasteiger partial charge in [0.05, 0.1) is 0 Å². The molecule has 1 atom stereocenters. The van der Waals surface area contributed by atoms with Gasteiger partial charge in [0.15, 0.2) is 0 Å². The molecule has 0 aliphatic carbocycles. The van der Waals surface area contributed by atoms with E-state index in [1.54, 1.807) is 0 Å². The predicted molar refractivity (Wildman–Crippen MR) is 71.7 cm³/mol. The van der Waals surface area contributed by atoms with Crippen LogP contribution in [0.2, 0.25) is 0 Å². The molecule has 90 valence electrons. The van der Waals surface area contributed by atoms with Gasteiger partial charge in [0.2, 0.25) is 0 Å². The largest absolute Gasteiger partial charge is 0.303 e. The lowest BCUT2D eigenvalue weighted by Gasteiger charge is -2.33. The molecule has 1 fully saturated rings. The molecule has 1 nitrogen and oxygen atoms in total. The molecule has 0 aromatic carbocycles.